The van der Waals surface area contributed by atoms with Crippen LogP contribution in [0.15, 0.2) is 58.8 Å². The summed E-state index contributed by atoms with van der Waals surface area (Å²) in [5.41, 5.74) is 2.06. The van der Waals surface area contributed by atoms with Crippen molar-refractivity contribution in [2.45, 2.75) is 13.8 Å². The number of methoxy groups -OCH3 is 2. The van der Waals surface area contributed by atoms with Gasteiger partial charge in [-0.1, -0.05) is 6.07 Å². The molecule has 1 amide bonds. The van der Waals surface area contributed by atoms with Crippen molar-refractivity contribution >= 4 is 34.0 Å². The number of rotatable bonds is 7. The van der Waals surface area contributed by atoms with Crippen molar-refractivity contribution in [1.82, 2.24) is 15.0 Å². The first-order chi connectivity index (χ1) is 18.8. The molecule has 0 aliphatic heterocycles. The zero-order valence-corrected chi connectivity index (χ0v) is 22.2. The molecule has 2 N–H and O–H groups in total. The van der Waals surface area contributed by atoms with E-state index in [0.29, 0.717) is 33.7 Å². The maximum atomic E-state index is 15.1. The SMILES string of the molecule is COc1cc2nccc(Oc3ccc(NC(=O)c4c(C)[nH]c(C)c(-c5cccs5)c4=O)cc3F)c2nc1OC. The highest BCUT2D eigenvalue weighted by Gasteiger charge is 2.21. The van der Waals surface area contributed by atoms with Crippen LogP contribution in [0.25, 0.3) is 21.5 Å². The van der Waals surface area contributed by atoms with Crippen LogP contribution in [0.4, 0.5) is 10.1 Å². The number of aromatic nitrogens is 3. The van der Waals surface area contributed by atoms with Crippen LogP contribution in [0.1, 0.15) is 21.7 Å². The van der Waals surface area contributed by atoms with Gasteiger partial charge in [0.25, 0.3) is 11.8 Å². The summed E-state index contributed by atoms with van der Waals surface area (Å²) >= 11 is 1.41. The Bertz CT molecular complexity index is 1770. The highest BCUT2D eigenvalue weighted by molar-refractivity contribution is 7.13. The van der Waals surface area contributed by atoms with Crippen molar-refractivity contribution in [2.24, 2.45) is 0 Å². The molecule has 0 bridgehead atoms. The van der Waals surface area contributed by atoms with Gasteiger partial charge in [0.15, 0.2) is 23.1 Å². The molecule has 39 heavy (non-hydrogen) atoms. The average Bonchev–Trinajstić information content (AvgIpc) is 3.43. The molecule has 198 valence electrons. The first-order valence-electron chi connectivity index (χ1n) is 11.7. The second kappa shape index (κ2) is 10.5. The third kappa shape index (κ3) is 4.91. The molecule has 0 saturated heterocycles. The topological polar surface area (TPSA) is 115 Å². The number of nitrogens with one attached hydrogen (secondary N) is 2. The van der Waals surface area contributed by atoms with Crippen molar-refractivity contribution in [3.63, 3.8) is 0 Å². The summed E-state index contributed by atoms with van der Waals surface area (Å²) in [5, 5.41) is 4.48. The molecule has 0 atom stereocenters. The summed E-state index contributed by atoms with van der Waals surface area (Å²) < 4.78 is 31.4. The summed E-state index contributed by atoms with van der Waals surface area (Å²) in [6.45, 7) is 3.43. The minimum Gasteiger partial charge on any atom is -0.491 e. The van der Waals surface area contributed by atoms with E-state index in [1.165, 1.54) is 43.9 Å². The highest BCUT2D eigenvalue weighted by atomic mass is 32.1. The Kier molecular flexibility index (Phi) is 6.99. The average molecular weight is 547 g/mol. The van der Waals surface area contributed by atoms with Crippen molar-refractivity contribution in [3.05, 3.63) is 87.0 Å². The van der Waals surface area contributed by atoms with Gasteiger partial charge in [0.1, 0.15) is 11.1 Å². The number of H-pyrrole nitrogens is 1. The van der Waals surface area contributed by atoms with Crippen LogP contribution in [0.5, 0.6) is 23.1 Å². The van der Waals surface area contributed by atoms with E-state index in [9.17, 15) is 9.59 Å². The summed E-state index contributed by atoms with van der Waals surface area (Å²) in [4.78, 5) is 38.9. The van der Waals surface area contributed by atoms with Crippen LogP contribution < -0.4 is 25.0 Å². The molecule has 0 spiro atoms. The molecule has 4 heterocycles. The van der Waals surface area contributed by atoms with E-state index in [4.69, 9.17) is 14.2 Å². The molecule has 0 aliphatic rings. The Hall–Kier alpha value is -4.77. The van der Waals surface area contributed by atoms with Gasteiger partial charge in [0, 0.05) is 46.3 Å². The van der Waals surface area contributed by atoms with Gasteiger partial charge in [-0.15, -0.1) is 11.3 Å². The van der Waals surface area contributed by atoms with Crippen LogP contribution in [0.3, 0.4) is 0 Å². The van der Waals surface area contributed by atoms with Gasteiger partial charge in [-0.25, -0.2) is 9.37 Å². The number of halogens is 1. The Morgan fingerprint density at radius 3 is 2.54 bits per heavy atom. The molecule has 0 fully saturated rings. The number of benzene rings is 1. The molecular formula is C28H23FN4O5S. The van der Waals surface area contributed by atoms with Gasteiger partial charge in [0.05, 0.1) is 25.3 Å². The maximum Gasteiger partial charge on any atom is 0.261 e. The Balaban J connectivity index is 1.42. The first-order valence-corrected chi connectivity index (χ1v) is 12.6. The lowest BCUT2D eigenvalue weighted by atomic mass is 10.0. The van der Waals surface area contributed by atoms with Gasteiger partial charge in [0.2, 0.25) is 5.43 Å². The number of fused-ring (bicyclic) bond motifs is 1. The minimum atomic E-state index is -0.730. The summed E-state index contributed by atoms with van der Waals surface area (Å²) in [5.74, 6) is -0.603. The van der Waals surface area contributed by atoms with Gasteiger partial charge >= 0.3 is 0 Å². The van der Waals surface area contributed by atoms with Crippen molar-refractivity contribution in [2.75, 3.05) is 19.5 Å². The lowest BCUT2D eigenvalue weighted by Crippen LogP contribution is -2.25. The molecule has 0 radical (unpaired) electrons. The number of aromatic amines is 1. The van der Waals surface area contributed by atoms with Crippen LogP contribution in [-0.2, 0) is 0 Å². The highest BCUT2D eigenvalue weighted by Crippen LogP contribution is 2.35. The maximum absolute atomic E-state index is 15.1. The Morgan fingerprint density at radius 1 is 1.03 bits per heavy atom. The number of aryl methyl sites for hydroxylation is 2. The van der Waals surface area contributed by atoms with E-state index in [1.807, 2.05) is 17.5 Å². The van der Waals surface area contributed by atoms with E-state index in [0.717, 1.165) is 10.9 Å². The summed E-state index contributed by atoms with van der Waals surface area (Å²) in [6, 6.07) is 10.8. The lowest BCUT2D eigenvalue weighted by molar-refractivity contribution is 0.102. The number of ether oxygens (including phenoxy) is 3. The van der Waals surface area contributed by atoms with Crippen LogP contribution in [0, 0.1) is 19.7 Å². The molecule has 4 aromatic heterocycles. The minimum absolute atomic E-state index is 0.0385. The number of hydrogen-bond donors (Lipinski definition) is 2. The molecule has 0 saturated carbocycles. The zero-order valence-electron chi connectivity index (χ0n) is 21.4. The standard InChI is InChI=1S/C28H23FN4O5S/c1-14-23(22-6-5-11-39-22)26(34)24(15(2)31-14)27(35)32-16-7-8-19(17(29)12-16)38-20-9-10-30-18-13-21(36-3)28(37-4)33-25(18)20/h5-13H,1-4H3,(H,31,34)(H,32,35). The molecule has 0 aliphatic carbocycles. The molecule has 11 heteroatoms. The fraction of sp³-hybridized carbons (Fsp3) is 0.143. The van der Waals surface area contributed by atoms with Crippen LogP contribution in [-0.4, -0.2) is 35.1 Å². The van der Waals surface area contributed by atoms with E-state index in [2.05, 4.69) is 20.3 Å². The molecule has 1 aromatic carbocycles. The number of thiophene rings is 1. The predicted molar refractivity (Wildman–Crippen MR) is 147 cm³/mol. The fourth-order valence-corrected chi connectivity index (χ4v) is 5.05. The molecule has 5 aromatic rings. The van der Waals surface area contributed by atoms with Crippen molar-refractivity contribution in [1.29, 1.82) is 0 Å². The lowest BCUT2D eigenvalue weighted by Gasteiger charge is -2.13. The molecule has 9 nitrogen and oxygen atoms in total. The van der Waals surface area contributed by atoms with Crippen molar-refractivity contribution < 1.29 is 23.4 Å². The third-order valence-electron chi connectivity index (χ3n) is 6.00. The summed E-state index contributed by atoms with van der Waals surface area (Å²) in [6.07, 6.45) is 1.50. The normalized spacial score (nSPS) is 10.9. The Labute approximate surface area is 226 Å². The van der Waals surface area contributed by atoms with Crippen molar-refractivity contribution in [3.8, 4) is 33.6 Å². The van der Waals surface area contributed by atoms with E-state index in [1.54, 1.807) is 26.0 Å². The second-order valence-electron chi connectivity index (χ2n) is 8.51. The molecule has 0 unspecified atom stereocenters. The fourth-order valence-electron chi connectivity index (χ4n) is 4.22. The first kappa shape index (κ1) is 25.9. The van der Waals surface area contributed by atoms with Gasteiger partial charge in [-0.2, -0.15) is 0 Å². The van der Waals surface area contributed by atoms with Gasteiger partial charge in [-0.3, -0.25) is 14.6 Å². The third-order valence-corrected chi connectivity index (χ3v) is 6.89. The number of carbonyl (C=O) groups excluding carboxylic acids is 1. The second-order valence-corrected chi connectivity index (χ2v) is 9.46. The van der Waals surface area contributed by atoms with Crippen LogP contribution in [0.2, 0.25) is 0 Å². The number of carbonyl (C=O) groups is 1. The van der Waals surface area contributed by atoms with Gasteiger partial charge < -0.3 is 24.5 Å². The quantitative estimate of drug-likeness (QED) is 0.263. The van der Waals surface area contributed by atoms with E-state index in [-0.39, 0.29) is 28.6 Å². The zero-order chi connectivity index (χ0) is 27.7. The number of pyridine rings is 3. The summed E-state index contributed by atoms with van der Waals surface area (Å²) in [7, 11) is 2.94. The van der Waals surface area contributed by atoms with Gasteiger partial charge in [-0.05, 0) is 37.4 Å². The smallest absolute Gasteiger partial charge is 0.261 e. The number of nitrogens with zero attached hydrogens (tertiary/aromatic N) is 2. The predicted octanol–water partition coefficient (Wildman–Crippen LogP) is 5.86. The largest absolute Gasteiger partial charge is 0.491 e. The number of amides is 1. The van der Waals surface area contributed by atoms with Crippen LogP contribution >= 0.6 is 11.3 Å². The Morgan fingerprint density at radius 2 is 1.85 bits per heavy atom. The van der Waals surface area contributed by atoms with E-state index < -0.39 is 17.2 Å². The number of anilines is 1. The molecule has 5 rings (SSSR count). The monoisotopic (exact) mass is 546 g/mol. The van der Waals surface area contributed by atoms with E-state index >= 15 is 4.39 Å². The number of hydrogen-bond acceptors (Lipinski definition) is 8. The molecular weight excluding hydrogens is 523 g/mol.